The van der Waals surface area contributed by atoms with Crippen molar-refractivity contribution in [3.8, 4) is 0 Å². The van der Waals surface area contributed by atoms with Crippen molar-refractivity contribution < 1.29 is 4.39 Å². The topological polar surface area (TPSA) is 42.7 Å². The zero-order valence-electron chi connectivity index (χ0n) is 10.8. The zero-order chi connectivity index (χ0) is 13.1. The standard InChI is InChI=1S/C13H17FN4/c1-4-16-13(10-6-11(14)8-15-7-10)12-5-9(2)17-18(12)3/h5-8,13,16H,4H2,1-3H3. The van der Waals surface area contributed by atoms with Crippen LogP contribution in [0.5, 0.6) is 0 Å². The summed E-state index contributed by atoms with van der Waals surface area (Å²) in [5.41, 5.74) is 2.75. The second-order valence-corrected chi connectivity index (χ2v) is 4.26. The van der Waals surface area contributed by atoms with Crippen LogP contribution in [0.1, 0.15) is 29.9 Å². The Kier molecular flexibility index (Phi) is 3.72. The summed E-state index contributed by atoms with van der Waals surface area (Å²) in [4.78, 5) is 3.90. The zero-order valence-corrected chi connectivity index (χ0v) is 10.8. The molecule has 0 amide bonds. The average molecular weight is 248 g/mol. The predicted molar refractivity (Wildman–Crippen MR) is 67.7 cm³/mol. The molecule has 2 aromatic heterocycles. The van der Waals surface area contributed by atoms with Crippen LogP contribution >= 0.6 is 0 Å². The van der Waals surface area contributed by atoms with E-state index in [0.717, 1.165) is 23.5 Å². The van der Waals surface area contributed by atoms with Gasteiger partial charge in [0.05, 0.1) is 23.6 Å². The molecule has 2 heterocycles. The van der Waals surface area contributed by atoms with Crippen molar-refractivity contribution in [2.24, 2.45) is 7.05 Å². The molecule has 4 nitrogen and oxygen atoms in total. The van der Waals surface area contributed by atoms with E-state index in [-0.39, 0.29) is 11.9 Å². The maximum absolute atomic E-state index is 13.3. The van der Waals surface area contributed by atoms with Crippen molar-refractivity contribution in [1.82, 2.24) is 20.1 Å². The van der Waals surface area contributed by atoms with Crippen LogP contribution in [0, 0.1) is 12.7 Å². The summed E-state index contributed by atoms with van der Waals surface area (Å²) in [6.07, 6.45) is 2.89. The van der Waals surface area contributed by atoms with E-state index in [1.807, 2.05) is 31.6 Å². The molecule has 96 valence electrons. The number of nitrogens with one attached hydrogen (secondary N) is 1. The first-order valence-corrected chi connectivity index (χ1v) is 5.96. The number of halogens is 1. The predicted octanol–water partition coefficient (Wildman–Crippen LogP) is 1.96. The first-order chi connectivity index (χ1) is 8.61. The normalized spacial score (nSPS) is 12.7. The van der Waals surface area contributed by atoms with Crippen LogP contribution in [-0.4, -0.2) is 21.3 Å². The SMILES string of the molecule is CCNC(c1cncc(F)c1)c1cc(C)nn1C. The van der Waals surface area contributed by atoms with E-state index in [4.69, 9.17) is 0 Å². The Morgan fingerprint density at radius 3 is 2.72 bits per heavy atom. The van der Waals surface area contributed by atoms with Gasteiger partial charge in [-0.05, 0) is 31.2 Å². The summed E-state index contributed by atoms with van der Waals surface area (Å²) >= 11 is 0. The molecule has 2 rings (SSSR count). The first-order valence-electron chi connectivity index (χ1n) is 5.96. The van der Waals surface area contributed by atoms with Crippen LogP contribution in [0.25, 0.3) is 0 Å². The minimum absolute atomic E-state index is 0.0931. The fourth-order valence-electron chi connectivity index (χ4n) is 2.08. The van der Waals surface area contributed by atoms with Gasteiger partial charge in [0.25, 0.3) is 0 Å². The monoisotopic (exact) mass is 248 g/mol. The second-order valence-electron chi connectivity index (χ2n) is 4.26. The van der Waals surface area contributed by atoms with Gasteiger partial charge >= 0.3 is 0 Å². The van der Waals surface area contributed by atoms with Crippen molar-refractivity contribution >= 4 is 0 Å². The third kappa shape index (κ3) is 2.56. The Labute approximate surface area is 106 Å². The molecule has 1 atom stereocenters. The molecule has 5 heteroatoms. The fourth-order valence-corrected chi connectivity index (χ4v) is 2.08. The lowest BCUT2D eigenvalue weighted by Gasteiger charge is -2.18. The molecule has 0 fully saturated rings. The molecule has 0 saturated heterocycles. The summed E-state index contributed by atoms with van der Waals surface area (Å²) in [5, 5.41) is 7.65. The van der Waals surface area contributed by atoms with Crippen molar-refractivity contribution in [3.05, 3.63) is 47.3 Å². The largest absolute Gasteiger partial charge is 0.305 e. The maximum atomic E-state index is 13.3. The lowest BCUT2D eigenvalue weighted by Crippen LogP contribution is -2.24. The van der Waals surface area contributed by atoms with Gasteiger partial charge in [-0.1, -0.05) is 6.92 Å². The van der Waals surface area contributed by atoms with Gasteiger partial charge in [0.1, 0.15) is 5.82 Å². The summed E-state index contributed by atoms with van der Waals surface area (Å²) in [7, 11) is 1.89. The van der Waals surface area contributed by atoms with Gasteiger partial charge in [-0.3, -0.25) is 9.67 Å². The molecule has 0 aromatic carbocycles. The Morgan fingerprint density at radius 1 is 1.39 bits per heavy atom. The number of aryl methyl sites for hydroxylation is 2. The van der Waals surface area contributed by atoms with Crippen molar-refractivity contribution in [1.29, 1.82) is 0 Å². The van der Waals surface area contributed by atoms with Gasteiger partial charge in [-0.2, -0.15) is 5.10 Å². The summed E-state index contributed by atoms with van der Waals surface area (Å²) in [6, 6.07) is 3.41. The molecule has 0 aliphatic heterocycles. The Balaban J connectivity index is 2.42. The van der Waals surface area contributed by atoms with Crippen LogP contribution in [-0.2, 0) is 7.05 Å². The van der Waals surface area contributed by atoms with Gasteiger partial charge in [0.15, 0.2) is 0 Å². The molecule has 2 aromatic rings. The molecule has 1 N–H and O–H groups in total. The molecule has 0 radical (unpaired) electrons. The summed E-state index contributed by atoms with van der Waals surface area (Å²) in [5.74, 6) is -0.325. The highest BCUT2D eigenvalue weighted by Gasteiger charge is 2.18. The van der Waals surface area contributed by atoms with Crippen molar-refractivity contribution in [2.75, 3.05) is 6.54 Å². The van der Waals surface area contributed by atoms with E-state index in [0.29, 0.717) is 0 Å². The molecule has 18 heavy (non-hydrogen) atoms. The van der Waals surface area contributed by atoms with Crippen LogP contribution < -0.4 is 5.32 Å². The van der Waals surface area contributed by atoms with E-state index in [2.05, 4.69) is 15.4 Å². The minimum atomic E-state index is -0.325. The highest BCUT2D eigenvalue weighted by atomic mass is 19.1. The Bertz CT molecular complexity index is 536. The number of hydrogen-bond acceptors (Lipinski definition) is 3. The van der Waals surface area contributed by atoms with Gasteiger partial charge in [0, 0.05) is 13.2 Å². The molecular formula is C13H17FN4. The van der Waals surface area contributed by atoms with E-state index >= 15 is 0 Å². The Morgan fingerprint density at radius 2 is 2.17 bits per heavy atom. The van der Waals surface area contributed by atoms with Crippen LogP contribution in [0.4, 0.5) is 4.39 Å². The van der Waals surface area contributed by atoms with E-state index < -0.39 is 0 Å². The molecular weight excluding hydrogens is 231 g/mol. The van der Waals surface area contributed by atoms with Gasteiger partial charge in [-0.15, -0.1) is 0 Å². The molecule has 0 bridgehead atoms. The van der Waals surface area contributed by atoms with Crippen LogP contribution in [0.15, 0.2) is 24.5 Å². The third-order valence-electron chi connectivity index (χ3n) is 2.80. The summed E-state index contributed by atoms with van der Waals surface area (Å²) < 4.78 is 15.1. The lowest BCUT2D eigenvalue weighted by molar-refractivity contribution is 0.560. The van der Waals surface area contributed by atoms with Gasteiger partial charge in [-0.25, -0.2) is 4.39 Å². The summed E-state index contributed by atoms with van der Waals surface area (Å²) in [6.45, 7) is 4.74. The smallest absolute Gasteiger partial charge is 0.141 e. The van der Waals surface area contributed by atoms with E-state index in [1.165, 1.54) is 12.3 Å². The number of rotatable bonds is 4. The molecule has 0 aliphatic carbocycles. The number of pyridine rings is 1. The highest BCUT2D eigenvalue weighted by molar-refractivity contribution is 5.27. The molecule has 1 unspecified atom stereocenters. The fraction of sp³-hybridized carbons (Fsp3) is 0.385. The number of hydrogen-bond donors (Lipinski definition) is 1. The Hall–Kier alpha value is -1.75. The number of aromatic nitrogens is 3. The maximum Gasteiger partial charge on any atom is 0.141 e. The highest BCUT2D eigenvalue weighted by Crippen LogP contribution is 2.22. The number of nitrogens with zero attached hydrogens (tertiary/aromatic N) is 3. The van der Waals surface area contributed by atoms with Gasteiger partial charge in [0.2, 0.25) is 0 Å². The van der Waals surface area contributed by atoms with Crippen molar-refractivity contribution in [3.63, 3.8) is 0 Å². The van der Waals surface area contributed by atoms with E-state index in [9.17, 15) is 4.39 Å². The minimum Gasteiger partial charge on any atom is -0.305 e. The lowest BCUT2D eigenvalue weighted by atomic mass is 10.1. The third-order valence-corrected chi connectivity index (χ3v) is 2.80. The molecule has 0 saturated carbocycles. The van der Waals surface area contributed by atoms with Gasteiger partial charge < -0.3 is 5.32 Å². The van der Waals surface area contributed by atoms with Crippen molar-refractivity contribution in [2.45, 2.75) is 19.9 Å². The molecule has 0 spiro atoms. The quantitative estimate of drug-likeness (QED) is 0.899. The van der Waals surface area contributed by atoms with Crippen LogP contribution in [0.2, 0.25) is 0 Å². The first kappa shape index (κ1) is 12.7. The molecule has 0 aliphatic rings. The van der Waals surface area contributed by atoms with Crippen LogP contribution in [0.3, 0.4) is 0 Å². The average Bonchev–Trinajstić information content (AvgIpc) is 2.65. The second kappa shape index (κ2) is 5.27. The van der Waals surface area contributed by atoms with E-state index in [1.54, 1.807) is 6.20 Å².